The number of carbonyl (C=O) groups is 7. The molecule has 6 amide bonds. The van der Waals surface area contributed by atoms with Crippen molar-refractivity contribution in [3.63, 3.8) is 0 Å². The molecule has 3 rings (SSSR count). The third kappa shape index (κ3) is 12.8. The number of hydrogen-bond acceptors (Lipinski definition) is 9. The minimum absolute atomic E-state index is 0.0538. The van der Waals surface area contributed by atoms with Crippen molar-refractivity contribution in [2.24, 2.45) is 17.6 Å². The Morgan fingerprint density at radius 3 is 2.02 bits per heavy atom. The number of rotatable bonds is 19. The van der Waals surface area contributed by atoms with E-state index < -0.39 is 87.0 Å². The molecule has 0 bridgehead atoms. The Morgan fingerprint density at radius 1 is 0.815 bits per heavy atom. The van der Waals surface area contributed by atoms with E-state index in [1.807, 2.05) is 13.8 Å². The lowest BCUT2D eigenvalue weighted by atomic mass is 9.83. The highest BCUT2D eigenvalue weighted by Crippen LogP contribution is 2.27. The van der Waals surface area contributed by atoms with Crippen LogP contribution in [0.1, 0.15) is 94.1 Å². The van der Waals surface area contributed by atoms with Crippen molar-refractivity contribution in [2.45, 2.75) is 101 Å². The van der Waals surface area contributed by atoms with Gasteiger partial charge in [0.2, 0.25) is 29.4 Å². The number of benzene rings is 2. The summed E-state index contributed by atoms with van der Waals surface area (Å²) in [6, 6.07) is 8.36. The van der Waals surface area contributed by atoms with Crippen molar-refractivity contribution in [1.82, 2.24) is 26.6 Å². The monoisotopic (exact) mass is 770 g/mol. The van der Waals surface area contributed by atoms with E-state index in [1.165, 1.54) is 18.2 Å². The number of Topliss-reactive ketones (excluding diaryl/α,β-unsaturated/α-hetero) is 1. The highest BCUT2D eigenvalue weighted by molar-refractivity contribution is 7.86. The first kappa shape index (κ1) is 43.2. The summed E-state index contributed by atoms with van der Waals surface area (Å²) < 4.78 is 33.6. The lowest BCUT2D eigenvalue weighted by Gasteiger charge is -2.32. The quantitative estimate of drug-likeness (QED) is 0.0799. The number of nitrogens with two attached hydrogens (primary N) is 1. The Balaban J connectivity index is 1.74. The van der Waals surface area contributed by atoms with Gasteiger partial charge < -0.3 is 32.3 Å². The third-order valence-corrected chi connectivity index (χ3v) is 9.92. The van der Waals surface area contributed by atoms with Crippen molar-refractivity contribution >= 4 is 51.3 Å². The normalized spacial score (nSPS) is 15.5. The predicted octanol–water partition coefficient (Wildman–Crippen LogP) is 1.46. The first-order valence-electron chi connectivity index (χ1n) is 18.0. The van der Waals surface area contributed by atoms with Gasteiger partial charge in [0.15, 0.2) is 0 Å². The van der Waals surface area contributed by atoms with Gasteiger partial charge >= 0.3 is 0 Å². The third-order valence-electron chi connectivity index (χ3n) is 9.01. The van der Waals surface area contributed by atoms with Crippen LogP contribution in [0.5, 0.6) is 0 Å². The summed E-state index contributed by atoms with van der Waals surface area (Å²) >= 11 is 0. The Labute approximate surface area is 314 Å². The minimum Gasteiger partial charge on any atom is -0.368 e. The molecule has 2 aromatic rings. The number of carbonyl (C=O) groups excluding carboxylic acids is 7. The Kier molecular flexibility index (Phi) is 16.3. The summed E-state index contributed by atoms with van der Waals surface area (Å²) in [5.74, 6) is -6.66. The number of amides is 6. The van der Waals surface area contributed by atoms with Gasteiger partial charge in [0, 0.05) is 0 Å². The summed E-state index contributed by atoms with van der Waals surface area (Å²) in [6.45, 7) is 4.69. The highest BCUT2D eigenvalue weighted by atomic mass is 32.2. The largest absolute Gasteiger partial charge is 0.368 e. The van der Waals surface area contributed by atoms with Crippen molar-refractivity contribution in [3.05, 3.63) is 65.7 Å². The van der Waals surface area contributed by atoms with Gasteiger partial charge in [0.25, 0.3) is 21.9 Å². The second-order valence-electron chi connectivity index (χ2n) is 13.7. The van der Waals surface area contributed by atoms with Crippen LogP contribution < -0.4 is 32.3 Å². The molecule has 0 aromatic heterocycles. The van der Waals surface area contributed by atoms with E-state index in [9.17, 15) is 46.5 Å². The smallest absolute Gasteiger partial charge is 0.295 e. The maximum atomic E-state index is 13.9. The molecular weight excluding hydrogens is 721 g/mol. The fourth-order valence-electron chi connectivity index (χ4n) is 6.34. The number of hydrogen-bond donors (Lipinski definition) is 7. The predicted molar refractivity (Wildman–Crippen MR) is 197 cm³/mol. The molecule has 0 aliphatic heterocycles. The van der Waals surface area contributed by atoms with Crippen LogP contribution in [0.4, 0.5) is 0 Å². The van der Waals surface area contributed by atoms with Gasteiger partial charge in [-0.25, -0.2) is 0 Å². The van der Waals surface area contributed by atoms with E-state index in [0.717, 1.165) is 25.3 Å². The number of nitrogens with one attached hydrogen (secondary N) is 5. The fourth-order valence-corrected chi connectivity index (χ4v) is 7.03. The van der Waals surface area contributed by atoms with E-state index >= 15 is 0 Å². The summed E-state index contributed by atoms with van der Waals surface area (Å²) in [5.41, 5.74) is 5.50. The maximum absolute atomic E-state index is 13.9. The molecule has 4 atom stereocenters. The molecule has 1 aliphatic carbocycles. The van der Waals surface area contributed by atoms with Gasteiger partial charge in [-0.2, -0.15) is 8.42 Å². The van der Waals surface area contributed by atoms with Crippen LogP contribution >= 0.6 is 0 Å². The van der Waals surface area contributed by atoms with Gasteiger partial charge in [0.1, 0.15) is 23.0 Å². The molecule has 1 unspecified atom stereocenters. The second-order valence-corrected chi connectivity index (χ2v) is 15.1. The van der Waals surface area contributed by atoms with Crippen molar-refractivity contribution < 1.29 is 46.5 Å². The summed E-state index contributed by atoms with van der Waals surface area (Å²) in [7, 11) is -4.77. The second kappa shape index (κ2) is 20.3. The van der Waals surface area contributed by atoms with Gasteiger partial charge in [0.05, 0.1) is 18.2 Å². The van der Waals surface area contributed by atoms with Gasteiger partial charge in [-0.15, -0.1) is 0 Å². The number of primary amides is 1. The zero-order valence-corrected chi connectivity index (χ0v) is 31.4. The molecule has 0 spiro atoms. The van der Waals surface area contributed by atoms with Crippen molar-refractivity contribution in [3.8, 4) is 0 Å². The molecule has 0 heterocycles. The van der Waals surface area contributed by atoms with Crippen LogP contribution in [0.25, 0.3) is 0 Å². The molecule has 8 N–H and O–H groups in total. The van der Waals surface area contributed by atoms with Crippen LogP contribution in [-0.4, -0.2) is 78.9 Å². The first-order chi connectivity index (χ1) is 25.5. The molecule has 1 fully saturated rings. The standard InChI is InChI=1S/C37H50N6O10S/c1-4-13-26(32(45)37(50)39-21-29(44)42-30(33(38)46)23-14-7-5-8-15-23)40-35(48)27(20-22(2)3)41-36(49)31(24-16-9-6-10-17-24)43-34(47)25-18-11-12-19-28(25)54(51,52)53/h5,7-8,11-12,14-15,18-19,22,24,26-27,30-31H,4,6,9-10,13,16-17,20-21H2,1-3H3,(H2,38,46)(H,39,50)(H,40,48)(H,41,49)(H,42,44)(H,43,47)(H,51,52,53)/t26?,27-,30-,31-/m0/s1. The van der Waals surface area contributed by atoms with Crippen LogP contribution in [0.15, 0.2) is 59.5 Å². The number of ketones is 1. The Bertz CT molecular complexity index is 1780. The molecule has 54 heavy (non-hydrogen) atoms. The van der Waals surface area contributed by atoms with E-state index in [1.54, 1.807) is 37.3 Å². The summed E-state index contributed by atoms with van der Waals surface area (Å²) in [6.07, 6.45) is 4.20. The lowest BCUT2D eigenvalue weighted by Crippen LogP contribution is -2.58. The van der Waals surface area contributed by atoms with Gasteiger partial charge in [-0.05, 0) is 55.2 Å². The maximum Gasteiger partial charge on any atom is 0.295 e. The Hall–Kier alpha value is -5.16. The molecule has 0 radical (unpaired) electrons. The average molecular weight is 771 g/mol. The molecular formula is C37H50N6O10S. The first-order valence-corrected chi connectivity index (χ1v) is 19.4. The molecule has 2 aromatic carbocycles. The van der Waals surface area contributed by atoms with Gasteiger partial charge in [-0.1, -0.05) is 88.9 Å². The van der Waals surface area contributed by atoms with Crippen molar-refractivity contribution in [1.29, 1.82) is 0 Å². The van der Waals surface area contributed by atoms with Crippen LogP contribution in [-0.2, 0) is 38.9 Å². The molecule has 294 valence electrons. The van der Waals surface area contributed by atoms with Crippen LogP contribution in [0, 0.1) is 11.8 Å². The van der Waals surface area contributed by atoms with Crippen molar-refractivity contribution in [2.75, 3.05) is 6.54 Å². The topological polar surface area (TPSA) is 260 Å². The van der Waals surface area contributed by atoms with E-state index in [2.05, 4.69) is 26.6 Å². The van der Waals surface area contributed by atoms with E-state index in [4.69, 9.17) is 5.73 Å². The molecule has 16 nitrogen and oxygen atoms in total. The molecule has 1 saturated carbocycles. The SMILES string of the molecule is CCCC(NC(=O)[C@H](CC(C)C)NC(=O)[C@@H](NC(=O)c1ccccc1S(=O)(=O)O)C1CCCCC1)C(=O)C(=O)NCC(=O)N[C@H](C(N)=O)c1ccccc1. The van der Waals surface area contributed by atoms with Crippen LogP contribution in [0.3, 0.4) is 0 Å². The zero-order chi connectivity index (χ0) is 40.0. The Morgan fingerprint density at radius 2 is 1.43 bits per heavy atom. The fraction of sp³-hybridized carbons (Fsp3) is 0.486. The molecule has 0 saturated heterocycles. The van der Waals surface area contributed by atoms with E-state index in [0.29, 0.717) is 24.8 Å². The van der Waals surface area contributed by atoms with E-state index in [-0.39, 0.29) is 30.2 Å². The summed E-state index contributed by atoms with van der Waals surface area (Å²) in [5, 5.41) is 12.5. The summed E-state index contributed by atoms with van der Waals surface area (Å²) in [4.78, 5) is 91.1. The highest BCUT2D eigenvalue weighted by Gasteiger charge is 2.36. The van der Waals surface area contributed by atoms with Gasteiger partial charge in [-0.3, -0.25) is 38.1 Å². The van der Waals surface area contributed by atoms with Crippen LogP contribution in [0.2, 0.25) is 0 Å². The molecule has 1 aliphatic rings. The molecule has 17 heteroatoms. The average Bonchev–Trinajstić information content (AvgIpc) is 3.14. The lowest BCUT2D eigenvalue weighted by molar-refractivity contribution is -0.141. The minimum atomic E-state index is -4.77. The zero-order valence-electron chi connectivity index (χ0n) is 30.6.